The van der Waals surface area contributed by atoms with Crippen LogP contribution in [0.15, 0.2) is 23.0 Å². The van der Waals surface area contributed by atoms with Crippen LogP contribution in [0, 0.1) is 11.8 Å². The minimum absolute atomic E-state index is 0.00386. The molecule has 1 aliphatic heterocycles. The van der Waals surface area contributed by atoms with Crippen LogP contribution in [0.1, 0.15) is 44.0 Å². The van der Waals surface area contributed by atoms with Crippen molar-refractivity contribution in [1.82, 2.24) is 10.2 Å². The summed E-state index contributed by atoms with van der Waals surface area (Å²) >= 11 is 0. The van der Waals surface area contributed by atoms with Crippen LogP contribution in [0.2, 0.25) is 0 Å². The van der Waals surface area contributed by atoms with Crippen LogP contribution in [0.4, 0.5) is 4.79 Å². The van der Waals surface area contributed by atoms with Crippen molar-refractivity contribution in [2.75, 3.05) is 13.1 Å². The fraction of sp³-hybridized carbons (Fsp3) is 0.647. The van der Waals surface area contributed by atoms with Crippen LogP contribution in [0.3, 0.4) is 0 Å². The minimum Gasteiger partial charge on any atom is -0.472 e. The number of ether oxygens (including phenoxy) is 1. The molecule has 2 aliphatic rings. The molecule has 0 bridgehead atoms. The number of alkyl carbamates (subject to hydrolysis) is 1. The van der Waals surface area contributed by atoms with Crippen LogP contribution in [-0.4, -0.2) is 41.6 Å². The summed E-state index contributed by atoms with van der Waals surface area (Å²) < 4.78 is 10.3. The van der Waals surface area contributed by atoms with Gasteiger partial charge in [0.15, 0.2) is 0 Å². The smallest absolute Gasteiger partial charge is 0.407 e. The number of nitrogens with one attached hydrogen (secondary N) is 1. The van der Waals surface area contributed by atoms with E-state index in [0.29, 0.717) is 23.9 Å². The molecule has 0 spiro atoms. The molecule has 1 saturated carbocycles. The zero-order valence-electron chi connectivity index (χ0n) is 13.9. The highest BCUT2D eigenvalue weighted by molar-refractivity contribution is 5.94. The maximum absolute atomic E-state index is 12.4. The summed E-state index contributed by atoms with van der Waals surface area (Å²) in [4.78, 5) is 26.3. The Morgan fingerprint density at radius 1 is 1.30 bits per heavy atom. The first-order valence-corrected chi connectivity index (χ1v) is 8.14. The van der Waals surface area contributed by atoms with Crippen LogP contribution in [0.5, 0.6) is 0 Å². The Hall–Kier alpha value is -1.98. The number of furan rings is 1. The maximum Gasteiger partial charge on any atom is 0.407 e. The lowest BCUT2D eigenvalue weighted by atomic mass is 9.98. The lowest BCUT2D eigenvalue weighted by molar-refractivity contribution is 0.0491. The van der Waals surface area contributed by atoms with E-state index in [1.165, 1.54) is 12.5 Å². The van der Waals surface area contributed by atoms with Crippen molar-refractivity contribution in [3.8, 4) is 0 Å². The molecule has 0 aromatic carbocycles. The SMILES string of the molecule is CC(C)(C)OC(=O)N[C@@H]1CC[C@@H]2CN(C(=O)c3ccoc3)C[C@@H]21. The normalized spacial score (nSPS) is 26.9. The first-order chi connectivity index (χ1) is 10.8. The number of fused-ring (bicyclic) bond motifs is 1. The van der Waals surface area contributed by atoms with Gasteiger partial charge in [0, 0.05) is 25.0 Å². The van der Waals surface area contributed by atoms with Gasteiger partial charge in [0.05, 0.1) is 11.8 Å². The molecule has 1 aliphatic carbocycles. The monoisotopic (exact) mass is 320 g/mol. The van der Waals surface area contributed by atoms with E-state index in [4.69, 9.17) is 9.15 Å². The Morgan fingerprint density at radius 3 is 2.74 bits per heavy atom. The number of carbonyl (C=O) groups excluding carboxylic acids is 2. The van der Waals surface area contributed by atoms with Gasteiger partial charge >= 0.3 is 6.09 Å². The van der Waals surface area contributed by atoms with Crippen molar-refractivity contribution in [3.05, 3.63) is 24.2 Å². The molecule has 1 aromatic rings. The topological polar surface area (TPSA) is 71.8 Å². The predicted octanol–water partition coefficient (Wildman–Crippen LogP) is 2.65. The number of carbonyl (C=O) groups is 2. The number of rotatable bonds is 2. The summed E-state index contributed by atoms with van der Waals surface area (Å²) in [5.74, 6) is 0.758. The van der Waals surface area contributed by atoms with E-state index in [2.05, 4.69) is 5.32 Å². The highest BCUT2D eigenvalue weighted by atomic mass is 16.6. The summed E-state index contributed by atoms with van der Waals surface area (Å²) in [5, 5.41) is 2.98. The van der Waals surface area contributed by atoms with Crippen LogP contribution in [0.25, 0.3) is 0 Å². The van der Waals surface area contributed by atoms with Gasteiger partial charge in [-0.3, -0.25) is 4.79 Å². The second kappa shape index (κ2) is 5.91. The molecule has 3 atom stereocenters. The molecule has 23 heavy (non-hydrogen) atoms. The average molecular weight is 320 g/mol. The van der Waals surface area contributed by atoms with Crippen molar-refractivity contribution in [2.45, 2.75) is 45.3 Å². The molecule has 1 N–H and O–H groups in total. The van der Waals surface area contributed by atoms with Crippen LogP contribution in [-0.2, 0) is 4.74 Å². The Kier molecular flexibility index (Phi) is 4.08. The van der Waals surface area contributed by atoms with Crippen molar-refractivity contribution in [1.29, 1.82) is 0 Å². The third-order valence-corrected chi connectivity index (χ3v) is 4.61. The van der Waals surface area contributed by atoms with Gasteiger partial charge in [0.2, 0.25) is 0 Å². The minimum atomic E-state index is -0.499. The van der Waals surface area contributed by atoms with E-state index in [1.807, 2.05) is 25.7 Å². The molecule has 126 valence electrons. The zero-order chi connectivity index (χ0) is 16.6. The third kappa shape index (κ3) is 3.51. The van der Waals surface area contributed by atoms with Gasteiger partial charge < -0.3 is 19.4 Å². The Bertz CT molecular complexity index is 576. The summed E-state index contributed by atoms with van der Waals surface area (Å²) in [6.07, 6.45) is 4.59. The van der Waals surface area contributed by atoms with E-state index in [1.54, 1.807) is 6.07 Å². The first kappa shape index (κ1) is 15.9. The molecule has 1 aromatic heterocycles. The highest BCUT2D eigenvalue weighted by Crippen LogP contribution is 2.38. The lowest BCUT2D eigenvalue weighted by Gasteiger charge is -2.24. The van der Waals surface area contributed by atoms with Gasteiger partial charge in [-0.15, -0.1) is 0 Å². The number of hydrogen-bond acceptors (Lipinski definition) is 4. The van der Waals surface area contributed by atoms with Gasteiger partial charge in [-0.25, -0.2) is 4.79 Å². The predicted molar refractivity (Wildman–Crippen MR) is 84.0 cm³/mol. The van der Waals surface area contributed by atoms with Crippen molar-refractivity contribution < 1.29 is 18.7 Å². The molecular weight excluding hydrogens is 296 g/mol. The van der Waals surface area contributed by atoms with E-state index >= 15 is 0 Å². The van der Waals surface area contributed by atoms with Crippen LogP contribution < -0.4 is 5.32 Å². The average Bonchev–Trinajstić information content (AvgIpc) is 3.13. The Balaban J connectivity index is 1.59. The van der Waals surface area contributed by atoms with E-state index in [0.717, 1.165) is 19.4 Å². The largest absolute Gasteiger partial charge is 0.472 e. The molecule has 0 unspecified atom stereocenters. The summed E-state index contributed by atoms with van der Waals surface area (Å²) in [7, 11) is 0. The first-order valence-electron chi connectivity index (χ1n) is 8.14. The molecule has 2 fully saturated rings. The molecule has 6 heteroatoms. The third-order valence-electron chi connectivity index (χ3n) is 4.61. The van der Waals surface area contributed by atoms with Gasteiger partial charge in [0.1, 0.15) is 11.9 Å². The fourth-order valence-electron chi connectivity index (χ4n) is 3.64. The molecule has 3 rings (SSSR count). The van der Waals surface area contributed by atoms with Gasteiger partial charge in [-0.1, -0.05) is 0 Å². The molecule has 6 nitrogen and oxygen atoms in total. The van der Waals surface area contributed by atoms with E-state index in [-0.39, 0.29) is 18.0 Å². The molecule has 2 heterocycles. The van der Waals surface area contributed by atoms with Gasteiger partial charge in [-0.05, 0) is 45.6 Å². The number of hydrogen-bond donors (Lipinski definition) is 1. The maximum atomic E-state index is 12.4. The van der Waals surface area contributed by atoms with Gasteiger partial charge in [-0.2, -0.15) is 0 Å². The number of likely N-dealkylation sites (tertiary alicyclic amines) is 1. The lowest BCUT2D eigenvalue weighted by Crippen LogP contribution is -2.42. The number of amides is 2. The molecule has 0 radical (unpaired) electrons. The second-order valence-electron chi connectivity index (χ2n) is 7.48. The Labute approximate surface area is 136 Å². The summed E-state index contributed by atoms with van der Waals surface area (Å²) in [5.41, 5.74) is 0.0859. The van der Waals surface area contributed by atoms with E-state index < -0.39 is 5.60 Å². The van der Waals surface area contributed by atoms with Crippen molar-refractivity contribution >= 4 is 12.0 Å². The van der Waals surface area contributed by atoms with Crippen molar-refractivity contribution in [3.63, 3.8) is 0 Å². The van der Waals surface area contributed by atoms with Gasteiger partial charge in [0.25, 0.3) is 5.91 Å². The quantitative estimate of drug-likeness (QED) is 0.909. The molecular formula is C17H24N2O4. The standard InChI is InChI=1S/C17H24N2O4/c1-17(2,3)23-16(21)18-14-5-4-11-8-19(9-13(11)14)15(20)12-6-7-22-10-12/h6-7,10-11,13-14H,4-5,8-9H2,1-3H3,(H,18,21)/t11-,13+,14-/m1/s1. The van der Waals surface area contributed by atoms with E-state index in [9.17, 15) is 9.59 Å². The van der Waals surface area contributed by atoms with Crippen molar-refractivity contribution in [2.24, 2.45) is 11.8 Å². The molecule has 1 saturated heterocycles. The molecule has 2 amide bonds. The highest BCUT2D eigenvalue weighted by Gasteiger charge is 2.45. The second-order valence-corrected chi connectivity index (χ2v) is 7.48. The Morgan fingerprint density at radius 2 is 2.09 bits per heavy atom. The van der Waals surface area contributed by atoms with Crippen LogP contribution >= 0.6 is 0 Å². The number of nitrogens with zero attached hydrogens (tertiary/aromatic N) is 1. The summed E-state index contributed by atoms with van der Waals surface area (Å²) in [6.45, 7) is 6.98. The zero-order valence-corrected chi connectivity index (χ0v) is 13.9. The fourth-order valence-corrected chi connectivity index (χ4v) is 3.64. The summed E-state index contributed by atoms with van der Waals surface area (Å²) in [6, 6.07) is 1.77.